The SMILES string of the molecule is CC(=O)OCC1Oc2cccnc2C2OC(C)(C)OC12. The minimum atomic E-state index is -0.716. The highest BCUT2D eigenvalue weighted by Crippen LogP contribution is 2.45. The van der Waals surface area contributed by atoms with Crippen molar-refractivity contribution in [2.45, 2.75) is 44.9 Å². The molecule has 6 nitrogen and oxygen atoms in total. The average molecular weight is 279 g/mol. The van der Waals surface area contributed by atoms with Crippen molar-refractivity contribution in [3.63, 3.8) is 0 Å². The Labute approximate surface area is 117 Å². The molecule has 0 amide bonds. The summed E-state index contributed by atoms with van der Waals surface area (Å²) in [6.45, 7) is 5.18. The average Bonchev–Trinajstić information content (AvgIpc) is 2.71. The van der Waals surface area contributed by atoms with Crippen LogP contribution < -0.4 is 4.74 Å². The maximum absolute atomic E-state index is 11.0. The van der Waals surface area contributed by atoms with Crippen LogP contribution in [-0.2, 0) is 19.0 Å². The van der Waals surface area contributed by atoms with Crippen molar-refractivity contribution in [3.05, 3.63) is 24.0 Å². The van der Waals surface area contributed by atoms with E-state index in [0.29, 0.717) is 5.75 Å². The van der Waals surface area contributed by atoms with Gasteiger partial charge in [0.25, 0.3) is 0 Å². The summed E-state index contributed by atoms with van der Waals surface area (Å²) >= 11 is 0. The second-order valence-electron chi connectivity index (χ2n) is 5.37. The molecule has 0 bridgehead atoms. The molecular formula is C14H17NO5. The van der Waals surface area contributed by atoms with Gasteiger partial charge < -0.3 is 18.9 Å². The van der Waals surface area contributed by atoms with Crippen molar-refractivity contribution in [3.8, 4) is 5.75 Å². The number of rotatable bonds is 2. The van der Waals surface area contributed by atoms with Crippen LogP contribution >= 0.6 is 0 Å². The zero-order valence-electron chi connectivity index (χ0n) is 11.7. The van der Waals surface area contributed by atoms with Gasteiger partial charge >= 0.3 is 5.97 Å². The van der Waals surface area contributed by atoms with Gasteiger partial charge in [-0.15, -0.1) is 0 Å². The van der Waals surface area contributed by atoms with Crippen LogP contribution in [0.5, 0.6) is 5.75 Å². The van der Waals surface area contributed by atoms with E-state index in [-0.39, 0.29) is 24.8 Å². The lowest BCUT2D eigenvalue weighted by molar-refractivity contribution is -0.158. The predicted octanol–water partition coefficient (Wildman–Crippen LogP) is 1.60. The molecule has 108 valence electrons. The molecule has 6 heteroatoms. The van der Waals surface area contributed by atoms with E-state index in [4.69, 9.17) is 18.9 Å². The van der Waals surface area contributed by atoms with Gasteiger partial charge in [-0.1, -0.05) is 0 Å². The first kappa shape index (κ1) is 13.3. The summed E-state index contributed by atoms with van der Waals surface area (Å²) in [5, 5.41) is 0. The second kappa shape index (κ2) is 4.71. The van der Waals surface area contributed by atoms with Crippen molar-refractivity contribution in [1.82, 2.24) is 4.98 Å². The number of nitrogens with zero attached hydrogens (tertiary/aromatic N) is 1. The Bertz CT molecular complexity index is 530. The molecule has 3 rings (SSSR count). The highest BCUT2D eigenvalue weighted by molar-refractivity contribution is 5.65. The van der Waals surface area contributed by atoms with Crippen LogP contribution in [0.4, 0.5) is 0 Å². The van der Waals surface area contributed by atoms with Gasteiger partial charge in [-0.3, -0.25) is 9.78 Å². The van der Waals surface area contributed by atoms with Crippen LogP contribution in [0, 0.1) is 0 Å². The number of fused-ring (bicyclic) bond motifs is 3. The van der Waals surface area contributed by atoms with Gasteiger partial charge in [0.2, 0.25) is 0 Å². The minimum absolute atomic E-state index is 0.129. The number of hydrogen-bond donors (Lipinski definition) is 0. The van der Waals surface area contributed by atoms with Crippen LogP contribution in [0.2, 0.25) is 0 Å². The molecule has 0 radical (unpaired) electrons. The summed E-state index contributed by atoms with van der Waals surface area (Å²) in [6.07, 6.45) is 0.644. The van der Waals surface area contributed by atoms with Gasteiger partial charge in [0.15, 0.2) is 11.9 Å². The van der Waals surface area contributed by atoms with Gasteiger partial charge in [0.05, 0.1) is 0 Å². The summed E-state index contributed by atoms with van der Waals surface area (Å²) in [6, 6.07) is 3.62. The zero-order valence-corrected chi connectivity index (χ0v) is 11.7. The molecule has 20 heavy (non-hydrogen) atoms. The summed E-state index contributed by atoms with van der Waals surface area (Å²) < 4.78 is 22.7. The fourth-order valence-electron chi connectivity index (χ4n) is 2.55. The molecule has 1 aromatic heterocycles. The van der Waals surface area contributed by atoms with Crippen LogP contribution in [0.3, 0.4) is 0 Å². The first-order valence-corrected chi connectivity index (χ1v) is 6.57. The van der Waals surface area contributed by atoms with Crippen LogP contribution in [0.25, 0.3) is 0 Å². The molecule has 3 heterocycles. The molecule has 3 unspecified atom stereocenters. The molecule has 0 aliphatic carbocycles. The van der Waals surface area contributed by atoms with Gasteiger partial charge in [-0.2, -0.15) is 0 Å². The van der Waals surface area contributed by atoms with Crippen molar-refractivity contribution >= 4 is 5.97 Å². The second-order valence-corrected chi connectivity index (χ2v) is 5.37. The lowest BCUT2D eigenvalue weighted by atomic mass is 10.0. The van der Waals surface area contributed by atoms with E-state index in [9.17, 15) is 4.79 Å². The fraction of sp³-hybridized carbons (Fsp3) is 0.571. The van der Waals surface area contributed by atoms with Crippen LogP contribution in [0.1, 0.15) is 32.6 Å². The Hall–Kier alpha value is -1.66. The third-order valence-corrected chi connectivity index (χ3v) is 3.29. The molecule has 1 aromatic rings. The lowest BCUT2D eigenvalue weighted by Gasteiger charge is -2.32. The van der Waals surface area contributed by atoms with E-state index in [1.807, 2.05) is 19.9 Å². The number of carbonyl (C=O) groups is 1. The van der Waals surface area contributed by atoms with E-state index in [1.165, 1.54) is 6.92 Å². The highest BCUT2D eigenvalue weighted by atomic mass is 16.8. The Morgan fingerprint density at radius 3 is 3.00 bits per heavy atom. The number of pyridine rings is 1. The van der Waals surface area contributed by atoms with Gasteiger partial charge in [-0.25, -0.2) is 0 Å². The summed E-state index contributed by atoms with van der Waals surface area (Å²) in [4.78, 5) is 15.3. The summed E-state index contributed by atoms with van der Waals surface area (Å²) in [5.74, 6) is -0.417. The molecule has 1 saturated heterocycles. The normalized spacial score (nSPS) is 30.1. The van der Waals surface area contributed by atoms with Crippen molar-refractivity contribution < 1.29 is 23.7 Å². The third kappa shape index (κ3) is 2.36. The quantitative estimate of drug-likeness (QED) is 0.766. The van der Waals surface area contributed by atoms with E-state index >= 15 is 0 Å². The van der Waals surface area contributed by atoms with E-state index in [2.05, 4.69) is 4.98 Å². The Morgan fingerprint density at radius 2 is 2.25 bits per heavy atom. The van der Waals surface area contributed by atoms with Crippen molar-refractivity contribution in [2.75, 3.05) is 6.61 Å². The van der Waals surface area contributed by atoms with E-state index in [1.54, 1.807) is 12.3 Å². The zero-order chi connectivity index (χ0) is 14.3. The topological polar surface area (TPSA) is 66.9 Å². The molecule has 1 fully saturated rings. The highest BCUT2D eigenvalue weighted by Gasteiger charge is 2.51. The maximum Gasteiger partial charge on any atom is 0.302 e. The number of hydrogen-bond acceptors (Lipinski definition) is 6. The van der Waals surface area contributed by atoms with Crippen molar-refractivity contribution in [2.24, 2.45) is 0 Å². The summed E-state index contributed by atoms with van der Waals surface area (Å²) in [5.41, 5.74) is 0.724. The molecular weight excluding hydrogens is 262 g/mol. The molecule has 0 saturated carbocycles. The number of aromatic nitrogens is 1. The van der Waals surface area contributed by atoms with Crippen molar-refractivity contribution in [1.29, 1.82) is 0 Å². The standard InChI is InChI=1S/C14H17NO5/c1-8(16)17-7-10-12-13(20-14(2,3)19-12)11-9(18-10)5-4-6-15-11/h4-6,10,12-13H,7H2,1-3H3. The fourth-order valence-corrected chi connectivity index (χ4v) is 2.55. The number of ether oxygens (including phenoxy) is 4. The number of carbonyl (C=O) groups excluding carboxylic acids is 1. The molecule has 3 atom stereocenters. The molecule has 0 spiro atoms. The molecule has 2 aliphatic rings. The largest absolute Gasteiger partial charge is 0.482 e. The predicted molar refractivity (Wildman–Crippen MR) is 68.1 cm³/mol. The Morgan fingerprint density at radius 1 is 1.45 bits per heavy atom. The van der Waals surface area contributed by atoms with Gasteiger partial charge in [0, 0.05) is 13.1 Å². The Kier molecular flexibility index (Phi) is 3.14. The molecule has 0 N–H and O–H groups in total. The van der Waals surface area contributed by atoms with Gasteiger partial charge in [0.1, 0.15) is 30.3 Å². The maximum atomic E-state index is 11.0. The summed E-state index contributed by atoms with van der Waals surface area (Å²) in [7, 11) is 0. The lowest BCUT2D eigenvalue weighted by Crippen LogP contribution is -2.43. The first-order valence-electron chi connectivity index (χ1n) is 6.57. The molecule has 0 aromatic carbocycles. The Balaban J connectivity index is 1.90. The first-order chi connectivity index (χ1) is 9.46. The monoisotopic (exact) mass is 279 g/mol. The third-order valence-electron chi connectivity index (χ3n) is 3.29. The van der Waals surface area contributed by atoms with E-state index in [0.717, 1.165) is 5.69 Å². The van der Waals surface area contributed by atoms with Crippen LogP contribution in [-0.4, -0.2) is 35.6 Å². The molecule has 2 aliphatic heterocycles. The van der Waals surface area contributed by atoms with Gasteiger partial charge in [-0.05, 0) is 26.0 Å². The smallest absolute Gasteiger partial charge is 0.302 e. The van der Waals surface area contributed by atoms with Crippen LogP contribution in [0.15, 0.2) is 18.3 Å². The minimum Gasteiger partial charge on any atom is -0.482 e. The number of esters is 1. The van der Waals surface area contributed by atoms with E-state index < -0.39 is 11.9 Å².